The van der Waals surface area contributed by atoms with Crippen LogP contribution in [0.3, 0.4) is 0 Å². The molecule has 17 heavy (non-hydrogen) atoms. The van der Waals surface area contributed by atoms with Gasteiger partial charge in [0.25, 0.3) is 0 Å². The van der Waals surface area contributed by atoms with Crippen LogP contribution in [0.15, 0.2) is 6.33 Å². The number of fused-ring (bicyclic) bond motifs is 1. The molecule has 94 valence electrons. The fourth-order valence-corrected chi connectivity index (χ4v) is 2.79. The fraction of sp³-hybridized carbons (Fsp3) is 0.786. The van der Waals surface area contributed by atoms with E-state index < -0.39 is 0 Å². The molecule has 0 aliphatic heterocycles. The third kappa shape index (κ3) is 2.54. The van der Waals surface area contributed by atoms with E-state index in [2.05, 4.69) is 28.1 Å². The summed E-state index contributed by atoms with van der Waals surface area (Å²) >= 11 is 0. The Morgan fingerprint density at radius 2 is 2.24 bits per heavy atom. The first-order valence-electron chi connectivity index (χ1n) is 7.12. The normalized spacial score (nSPS) is 21.2. The summed E-state index contributed by atoms with van der Waals surface area (Å²) in [5, 5.41) is 3.60. The van der Waals surface area contributed by atoms with Gasteiger partial charge >= 0.3 is 0 Å². The molecule has 2 aliphatic carbocycles. The van der Waals surface area contributed by atoms with Crippen molar-refractivity contribution in [3.63, 3.8) is 0 Å². The molecule has 3 nitrogen and oxygen atoms in total. The minimum absolute atomic E-state index is 0.593. The molecule has 1 aromatic heterocycles. The monoisotopic (exact) mass is 233 g/mol. The van der Waals surface area contributed by atoms with E-state index in [0.29, 0.717) is 6.04 Å². The Morgan fingerprint density at radius 1 is 1.41 bits per heavy atom. The molecule has 0 spiro atoms. The summed E-state index contributed by atoms with van der Waals surface area (Å²) in [5.41, 5.74) is 2.87. The van der Waals surface area contributed by atoms with Crippen molar-refractivity contribution in [2.24, 2.45) is 0 Å². The van der Waals surface area contributed by atoms with Crippen molar-refractivity contribution < 1.29 is 0 Å². The van der Waals surface area contributed by atoms with E-state index >= 15 is 0 Å². The Morgan fingerprint density at radius 3 is 3.06 bits per heavy atom. The number of aromatic nitrogens is 2. The summed E-state index contributed by atoms with van der Waals surface area (Å²) in [5.74, 6) is 0. The second-order valence-corrected chi connectivity index (χ2v) is 5.62. The zero-order valence-electron chi connectivity index (χ0n) is 10.8. The molecule has 2 aliphatic rings. The highest BCUT2D eigenvalue weighted by Crippen LogP contribution is 2.24. The van der Waals surface area contributed by atoms with Crippen LogP contribution in [0.4, 0.5) is 0 Å². The van der Waals surface area contributed by atoms with E-state index in [4.69, 9.17) is 0 Å². The van der Waals surface area contributed by atoms with Crippen molar-refractivity contribution in [1.29, 1.82) is 0 Å². The van der Waals surface area contributed by atoms with Gasteiger partial charge in [0.2, 0.25) is 0 Å². The Kier molecular flexibility index (Phi) is 3.19. The number of imidazole rings is 1. The van der Waals surface area contributed by atoms with Crippen molar-refractivity contribution in [3.8, 4) is 0 Å². The standard InChI is InChI=1S/C14H23N3/c1-11(8-9-15-12-6-7-12)17-10-16-13-4-2-3-5-14(13)17/h10-12,15H,2-9H2,1H3. The van der Waals surface area contributed by atoms with Gasteiger partial charge in [-0.15, -0.1) is 0 Å². The largest absolute Gasteiger partial charge is 0.331 e. The molecule has 3 rings (SSSR count). The molecule has 0 amide bonds. The van der Waals surface area contributed by atoms with Crippen molar-refractivity contribution in [1.82, 2.24) is 14.9 Å². The van der Waals surface area contributed by atoms with E-state index in [9.17, 15) is 0 Å². The molecule has 1 N–H and O–H groups in total. The smallest absolute Gasteiger partial charge is 0.0954 e. The van der Waals surface area contributed by atoms with Crippen LogP contribution in [-0.4, -0.2) is 22.1 Å². The third-order valence-electron chi connectivity index (χ3n) is 4.11. The molecule has 1 fully saturated rings. The molecule has 1 heterocycles. The van der Waals surface area contributed by atoms with Crippen LogP contribution in [0, 0.1) is 0 Å². The maximum atomic E-state index is 4.58. The van der Waals surface area contributed by atoms with Crippen LogP contribution in [0.2, 0.25) is 0 Å². The van der Waals surface area contributed by atoms with Crippen molar-refractivity contribution in [2.45, 2.75) is 64.0 Å². The highest BCUT2D eigenvalue weighted by Gasteiger charge is 2.21. The maximum Gasteiger partial charge on any atom is 0.0954 e. The van der Waals surface area contributed by atoms with E-state index in [1.54, 1.807) is 0 Å². The molecular formula is C14H23N3. The number of nitrogens with one attached hydrogen (secondary N) is 1. The van der Waals surface area contributed by atoms with Crippen molar-refractivity contribution >= 4 is 0 Å². The fourth-order valence-electron chi connectivity index (χ4n) is 2.79. The number of hydrogen-bond acceptors (Lipinski definition) is 2. The van der Waals surface area contributed by atoms with Gasteiger partial charge in [-0.2, -0.15) is 0 Å². The quantitative estimate of drug-likeness (QED) is 0.846. The highest BCUT2D eigenvalue weighted by atomic mass is 15.1. The molecule has 1 unspecified atom stereocenters. The third-order valence-corrected chi connectivity index (χ3v) is 4.11. The summed E-state index contributed by atoms with van der Waals surface area (Å²) in [6, 6.07) is 1.43. The van der Waals surface area contributed by atoms with Gasteiger partial charge in [-0.1, -0.05) is 0 Å². The highest BCUT2D eigenvalue weighted by molar-refractivity contribution is 5.17. The second-order valence-electron chi connectivity index (χ2n) is 5.62. The lowest BCUT2D eigenvalue weighted by Gasteiger charge is -2.19. The Balaban J connectivity index is 1.59. The summed E-state index contributed by atoms with van der Waals surface area (Å²) in [7, 11) is 0. The first kappa shape index (κ1) is 11.3. The van der Waals surface area contributed by atoms with Crippen LogP contribution < -0.4 is 5.32 Å². The lowest BCUT2D eigenvalue weighted by atomic mass is 10.0. The molecule has 0 bridgehead atoms. The second kappa shape index (κ2) is 4.81. The van der Waals surface area contributed by atoms with Crippen LogP contribution in [0.5, 0.6) is 0 Å². The van der Waals surface area contributed by atoms with Crippen molar-refractivity contribution in [3.05, 3.63) is 17.7 Å². The average Bonchev–Trinajstić information content (AvgIpc) is 3.07. The number of hydrogen-bond donors (Lipinski definition) is 1. The first-order chi connectivity index (χ1) is 8.34. The molecular weight excluding hydrogens is 210 g/mol. The molecule has 3 heteroatoms. The van der Waals surface area contributed by atoms with Gasteiger partial charge in [0.1, 0.15) is 0 Å². The predicted octanol–water partition coefficient (Wildman–Crippen LogP) is 2.47. The van der Waals surface area contributed by atoms with E-state index in [1.165, 1.54) is 56.3 Å². The first-order valence-corrected chi connectivity index (χ1v) is 7.12. The average molecular weight is 233 g/mol. The Labute approximate surface area is 104 Å². The molecule has 0 aromatic carbocycles. The Bertz CT molecular complexity index is 379. The van der Waals surface area contributed by atoms with E-state index in [0.717, 1.165) is 12.6 Å². The van der Waals surface area contributed by atoms with Crippen LogP contribution in [0.1, 0.15) is 56.5 Å². The zero-order valence-corrected chi connectivity index (χ0v) is 10.8. The lowest BCUT2D eigenvalue weighted by molar-refractivity contribution is 0.462. The summed E-state index contributed by atoms with van der Waals surface area (Å²) in [6.07, 6.45) is 11.1. The molecule has 1 atom stereocenters. The van der Waals surface area contributed by atoms with Gasteiger partial charge < -0.3 is 9.88 Å². The Hall–Kier alpha value is -0.830. The number of aryl methyl sites for hydroxylation is 1. The number of rotatable bonds is 5. The van der Waals surface area contributed by atoms with Gasteiger partial charge in [0.05, 0.1) is 12.0 Å². The maximum absolute atomic E-state index is 4.58. The summed E-state index contributed by atoms with van der Waals surface area (Å²) < 4.78 is 2.42. The summed E-state index contributed by atoms with van der Waals surface area (Å²) in [6.45, 7) is 3.48. The van der Waals surface area contributed by atoms with Gasteiger partial charge in [0, 0.05) is 17.8 Å². The van der Waals surface area contributed by atoms with Crippen molar-refractivity contribution in [2.75, 3.05) is 6.54 Å². The molecule has 1 aromatic rings. The zero-order chi connectivity index (χ0) is 11.7. The minimum Gasteiger partial charge on any atom is -0.331 e. The van der Waals surface area contributed by atoms with Crippen LogP contribution in [0.25, 0.3) is 0 Å². The number of nitrogens with zero attached hydrogens (tertiary/aromatic N) is 2. The van der Waals surface area contributed by atoms with Gasteiger partial charge in [-0.3, -0.25) is 0 Å². The molecule has 0 radical (unpaired) electrons. The van der Waals surface area contributed by atoms with Gasteiger partial charge in [0.15, 0.2) is 0 Å². The van der Waals surface area contributed by atoms with E-state index in [1.807, 2.05) is 0 Å². The molecule has 1 saturated carbocycles. The SMILES string of the molecule is CC(CCNC1CC1)n1cnc2c1CCCC2. The lowest BCUT2D eigenvalue weighted by Crippen LogP contribution is -2.21. The van der Waals surface area contributed by atoms with E-state index in [-0.39, 0.29) is 0 Å². The van der Waals surface area contributed by atoms with Crippen LogP contribution >= 0.6 is 0 Å². The summed E-state index contributed by atoms with van der Waals surface area (Å²) in [4.78, 5) is 4.58. The topological polar surface area (TPSA) is 29.9 Å². The van der Waals surface area contributed by atoms with Gasteiger partial charge in [-0.25, -0.2) is 4.98 Å². The predicted molar refractivity (Wildman–Crippen MR) is 69.2 cm³/mol. The molecule has 0 saturated heterocycles. The van der Waals surface area contributed by atoms with Crippen LogP contribution in [-0.2, 0) is 12.8 Å². The van der Waals surface area contributed by atoms with Gasteiger partial charge in [-0.05, 0) is 58.4 Å². The minimum atomic E-state index is 0.593.